The minimum atomic E-state index is -0.547. The Morgan fingerprint density at radius 1 is 1.17 bits per heavy atom. The van der Waals surface area contributed by atoms with E-state index in [0.29, 0.717) is 24.0 Å². The highest BCUT2D eigenvalue weighted by atomic mass is 16.3. The number of Topliss-reactive ketones (excluding diaryl/α,β-unsaturated/α-hetero) is 1. The highest BCUT2D eigenvalue weighted by Gasteiger charge is 2.71. The number of rotatable bonds is 1. The van der Waals surface area contributed by atoms with Crippen molar-refractivity contribution >= 4 is 5.78 Å². The van der Waals surface area contributed by atoms with E-state index in [2.05, 4.69) is 20.8 Å². The van der Waals surface area contributed by atoms with Gasteiger partial charge in [0.25, 0.3) is 0 Å². The number of hydrogen-bond donors (Lipinski definition) is 2. The van der Waals surface area contributed by atoms with Crippen LogP contribution in [0.4, 0.5) is 0 Å². The summed E-state index contributed by atoms with van der Waals surface area (Å²) in [7, 11) is 0. The van der Waals surface area contributed by atoms with E-state index in [-0.39, 0.29) is 29.3 Å². The van der Waals surface area contributed by atoms with Crippen LogP contribution >= 0.6 is 0 Å². The molecule has 3 heteroatoms. The second-order valence-corrected chi connectivity index (χ2v) is 9.82. The van der Waals surface area contributed by atoms with Gasteiger partial charge in [-0.1, -0.05) is 27.2 Å². The van der Waals surface area contributed by atoms with E-state index >= 15 is 0 Å². The van der Waals surface area contributed by atoms with Gasteiger partial charge in [-0.2, -0.15) is 0 Å². The molecule has 3 nitrogen and oxygen atoms in total. The molecular formula is C20H32O3. The second-order valence-electron chi connectivity index (χ2n) is 9.82. The van der Waals surface area contributed by atoms with Gasteiger partial charge in [-0.15, -0.1) is 0 Å². The summed E-state index contributed by atoms with van der Waals surface area (Å²) >= 11 is 0. The van der Waals surface area contributed by atoms with Gasteiger partial charge in [-0.25, -0.2) is 0 Å². The fraction of sp³-hybridized carbons (Fsp3) is 0.950. The van der Waals surface area contributed by atoms with Crippen molar-refractivity contribution in [2.24, 2.45) is 39.9 Å². The van der Waals surface area contributed by atoms with Gasteiger partial charge in [-0.3, -0.25) is 4.79 Å². The summed E-state index contributed by atoms with van der Waals surface area (Å²) in [5.74, 6) is 1.38. The molecule has 4 fully saturated rings. The molecule has 23 heavy (non-hydrogen) atoms. The van der Waals surface area contributed by atoms with Crippen LogP contribution in [0.2, 0.25) is 0 Å². The van der Waals surface area contributed by atoms with Gasteiger partial charge in [0.15, 0.2) is 0 Å². The monoisotopic (exact) mass is 320 g/mol. The molecular weight excluding hydrogens is 288 g/mol. The molecule has 1 spiro atoms. The first-order chi connectivity index (χ1) is 10.8. The lowest BCUT2D eigenvalue weighted by Gasteiger charge is -2.65. The third-order valence-corrected chi connectivity index (χ3v) is 8.77. The Morgan fingerprint density at radius 3 is 2.61 bits per heavy atom. The van der Waals surface area contributed by atoms with E-state index in [9.17, 15) is 15.0 Å². The maximum absolute atomic E-state index is 13.2. The summed E-state index contributed by atoms with van der Waals surface area (Å²) in [6.45, 7) is 6.86. The van der Waals surface area contributed by atoms with Crippen molar-refractivity contribution in [1.29, 1.82) is 0 Å². The van der Waals surface area contributed by atoms with Gasteiger partial charge in [0.1, 0.15) is 5.78 Å². The van der Waals surface area contributed by atoms with Crippen LogP contribution in [0.5, 0.6) is 0 Å². The molecule has 2 N–H and O–H groups in total. The third kappa shape index (κ3) is 1.76. The zero-order chi connectivity index (χ0) is 16.6. The molecule has 4 aliphatic rings. The minimum absolute atomic E-state index is 0.0959. The number of ketones is 1. The van der Waals surface area contributed by atoms with Gasteiger partial charge < -0.3 is 10.2 Å². The topological polar surface area (TPSA) is 57.5 Å². The summed E-state index contributed by atoms with van der Waals surface area (Å²) < 4.78 is 0. The van der Waals surface area contributed by atoms with Crippen molar-refractivity contribution in [2.45, 2.75) is 71.8 Å². The zero-order valence-electron chi connectivity index (χ0n) is 14.8. The van der Waals surface area contributed by atoms with Crippen LogP contribution in [0.25, 0.3) is 0 Å². The Kier molecular flexibility index (Phi) is 3.37. The third-order valence-electron chi connectivity index (χ3n) is 8.77. The smallest absolute Gasteiger partial charge is 0.144 e. The van der Waals surface area contributed by atoms with Crippen LogP contribution in [0, 0.1) is 39.9 Å². The number of aliphatic hydroxyl groups excluding tert-OH is 2. The largest absolute Gasteiger partial charge is 0.396 e. The molecule has 0 saturated heterocycles. The van der Waals surface area contributed by atoms with E-state index in [1.165, 1.54) is 6.42 Å². The summed E-state index contributed by atoms with van der Waals surface area (Å²) in [6, 6.07) is 0. The van der Waals surface area contributed by atoms with E-state index in [0.717, 1.165) is 32.1 Å². The van der Waals surface area contributed by atoms with Crippen LogP contribution < -0.4 is 0 Å². The predicted octanol–water partition coefficient (Wildman–Crippen LogP) is 3.18. The molecule has 2 bridgehead atoms. The quantitative estimate of drug-likeness (QED) is 0.780. The zero-order valence-corrected chi connectivity index (χ0v) is 14.8. The molecule has 130 valence electrons. The van der Waals surface area contributed by atoms with Crippen LogP contribution in [0.15, 0.2) is 0 Å². The maximum atomic E-state index is 13.2. The number of aliphatic hydroxyl groups is 2. The van der Waals surface area contributed by atoms with Gasteiger partial charge in [-0.05, 0) is 61.7 Å². The fourth-order valence-electron chi connectivity index (χ4n) is 7.69. The van der Waals surface area contributed by atoms with Crippen molar-refractivity contribution in [3.05, 3.63) is 0 Å². The van der Waals surface area contributed by atoms with Crippen LogP contribution in [0.1, 0.15) is 65.7 Å². The fourth-order valence-corrected chi connectivity index (χ4v) is 7.69. The Hall–Kier alpha value is -0.410. The molecule has 4 saturated carbocycles. The van der Waals surface area contributed by atoms with Crippen molar-refractivity contribution in [1.82, 2.24) is 0 Å². The molecule has 0 amide bonds. The first-order valence-electron chi connectivity index (χ1n) is 9.63. The van der Waals surface area contributed by atoms with Gasteiger partial charge >= 0.3 is 0 Å². The predicted molar refractivity (Wildman–Crippen MR) is 88.7 cm³/mol. The van der Waals surface area contributed by atoms with Crippen molar-refractivity contribution < 1.29 is 15.0 Å². The van der Waals surface area contributed by atoms with E-state index in [4.69, 9.17) is 0 Å². The minimum Gasteiger partial charge on any atom is -0.396 e. The lowest BCUT2D eigenvalue weighted by atomic mass is 9.40. The first-order valence-corrected chi connectivity index (χ1v) is 9.63. The van der Waals surface area contributed by atoms with E-state index in [1.807, 2.05) is 0 Å². The highest BCUT2D eigenvalue weighted by molar-refractivity contribution is 5.91. The Balaban J connectivity index is 1.85. The van der Waals surface area contributed by atoms with E-state index in [1.54, 1.807) is 0 Å². The molecule has 0 aromatic rings. The molecule has 4 aliphatic carbocycles. The molecule has 4 rings (SSSR count). The SMILES string of the molecule is C[C@@H]1C(=O)[C@]23C[C@H]1CC[C@H]2[C@]1(CO)CCCC(C)(C)[C@H]1C[C@H]3O. The average Bonchev–Trinajstić information content (AvgIpc) is 2.71. The summed E-state index contributed by atoms with van der Waals surface area (Å²) in [6.07, 6.45) is 6.52. The highest BCUT2D eigenvalue weighted by Crippen LogP contribution is 2.71. The second kappa shape index (κ2) is 4.82. The van der Waals surface area contributed by atoms with Crippen LogP contribution in [-0.2, 0) is 4.79 Å². The molecule has 0 radical (unpaired) electrons. The van der Waals surface area contributed by atoms with Gasteiger partial charge in [0.05, 0.1) is 11.5 Å². The molecule has 0 unspecified atom stereocenters. The van der Waals surface area contributed by atoms with Crippen molar-refractivity contribution in [3.63, 3.8) is 0 Å². The summed E-state index contributed by atoms with van der Waals surface area (Å²) in [5, 5.41) is 21.7. The molecule has 0 aromatic heterocycles. The molecule has 7 atom stereocenters. The average molecular weight is 320 g/mol. The van der Waals surface area contributed by atoms with E-state index < -0.39 is 11.5 Å². The van der Waals surface area contributed by atoms with Crippen molar-refractivity contribution in [3.8, 4) is 0 Å². The maximum Gasteiger partial charge on any atom is 0.144 e. The first kappa shape index (κ1) is 16.1. The molecule has 0 aliphatic heterocycles. The van der Waals surface area contributed by atoms with Gasteiger partial charge in [0.2, 0.25) is 0 Å². The lowest BCUT2D eigenvalue weighted by Crippen LogP contribution is -2.65. The summed E-state index contributed by atoms with van der Waals surface area (Å²) in [5.41, 5.74) is -0.547. The number of carbonyl (C=O) groups excluding carboxylic acids is 1. The number of carbonyl (C=O) groups is 1. The number of fused-ring (bicyclic) bond motifs is 3. The molecule has 0 heterocycles. The number of hydrogen-bond acceptors (Lipinski definition) is 3. The Bertz CT molecular complexity index is 527. The standard InChI is InChI=1S/C20H32O3/c1-12-13-5-6-14-19(11-21)8-4-7-18(2,3)15(19)9-16(22)20(14,10-13)17(12)23/h12-16,21-22H,4-11H2,1-3H3/t12-,13+,14-,15+,16+,19+,20+/m0/s1. The van der Waals surface area contributed by atoms with Crippen LogP contribution in [0.3, 0.4) is 0 Å². The Labute approximate surface area is 139 Å². The normalized spacial score (nSPS) is 54.5. The molecule has 0 aromatic carbocycles. The van der Waals surface area contributed by atoms with Crippen molar-refractivity contribution in [2.75, 3.05) is 6.61 Å². The summed E-state index contributed by atoms with van der Waals surface area (Å²) in [4.78, 5) is 13.2. The lowest BCUT2D eigenvalue weighted by molar-refractivity contribution is -0.214. The van der Waals surface area contributed by atoms with Gasteiger partial charge in [0, 0.05) is 17.9 Å². The Morgan fingerprint density at radius 2 is 1.91 bits per heavy atom. The van der Waals surface area contributed by atoms with Crippen LogP contribution in [-0.4, -0.2) is 28.7 Å².